The van der Waals surface area contributed by atoms with Crippen molar-refractivity contribution in [1.82, 2.24) is 9.88 Å². The van der Waals surface area contributed by atoms with Gasteiger partial charge in [0.15, 0.2) is 0 Å². The minimum absolute atomic E-state index is 0.263. The van der Waals surface area contributed by atoms with E-state index in [1.807, 2.05) is 12.4 Å². The molecule has 1 atom stereocenters. The first kappa shape index (κ1) is 11.6. The summed E-state index contributed by atoms with van der Waals surface area (Å²) in [7, 11) is 0. The minimum Gasteiger partial charge on any atom is -0.327 e. The molecule has 0 bridgehead atoms. The van der Waals surface area contributed by atoms with Crippen LogP contribution in [0, 0.1) is 0 Å². The van der Waals surface area contributed by atoms with Crippen molar-refractivity contribution in [2.24, 2.45) is 5.73 Å². The topological polar surface area (TPSA) is 42.1 Å². The second-order valence-corrected chi connectivity index (χ2v) is 5.35. The first-order chi connectivity index (χ1) is 7.58. The summed E-state index contributed by atoms with van der Waals surface area (Å²) in [4.78, 5) is 6.53. The van der Waals surface area contributed by atoms with Crippen molar-refractivity contribution in [3.63, 3.8) is 0 Å². The Morgan fingerprint density at radius 1 is 1.44 bits per heavy atom. The first-order valence-electron chi connectivity index (χ1n) is 5.97. The van der Waals surface area contributed by atoms with Crippen LogP contribution < -0.4 is 5.73 Å². The van der Waals surface area contributed by atoms with E-state index < -0.39 is 0 Å². The summed E-state index contributed by atoms with van der Waals surface area (Å²) in [5.74, 6) is 0. The van der Waals surface area contributed by atoms with Crippen LogP contribution in [0.1, 0.15) is 32.3 Å². The van der Waals surface area contributed by atoms with Gasteiger partial charge in [-0.1, -0.05) is 0 Å². The SMILES string of the molecule is CC1(C)CCC(N)CN1Cc1ccncc1. The fraction of sp³-hybridized carbons (Fsp3) is 0.615. The van der Waals surface area contributed by atoms with Gasteiger partial charge in [0.25, 0.3) is 0 Å². The molecule has 3 heteroatoms. The number of hydrogen-bond acceptors (Lipinski definition) is 3. The maximum atomic E-state index is 6.05. The molecule has 1 aliphatic heterocycles. The van der Waals surface area contributed by atoms with Crippen LogP contribution in [0.25, 0.3) is 0 Å². The molecule has 2 heterocycles. The maximum Gasteiger partial charge on any atom is 0.0271 e. The molecule has 0 saturated carbocycles. The van der Waals surface area contributed by atoms with Gasteiger partial charge in [-0.3, -0.25) is 9.88 Å². The number of hydrogen-bond donors (Lipinski definition) is 1. The largest absolute Gasteiger partial charge is 0.327 e. The van der Waals surface area contributed by atoms with Gasteiger partial charge in [-0.25, -0.2) is 0 Å². The van der Waals surface area contributed by atoms with E-state index in [9.17, 15) is 0 Å². The van der Waals surface area contributed by atoms with Crippen LogP contribution in [-0.4, -0.2) is 28.0 Å². The van der Waals surface area contributed by atoms with E-state index in [4.69, 9.17) is 5.73 Å². The summed E-state index contributed by atoms with van der Waals surface area (Å²) < 4.78 is 0. The average Bonchev–Trinajstić information content (AvgIpc) is 2.26. The van der Waals surface area contributed by atoms with Crippen molar-refractivity contribution < 1.29 is 0 Å². The van der Waals surface area contributed by atoms with Crippen molar-refractivity contribution in [1.29, 1.82) is 0 Å². The Balaban J connectivity index is 2.07. The molecule has 0 radical (unpaired) electrons. The fourth-order valence-electron chi connectivity index (χ4n) is 2.31. The monoisotopic (exact) mass is 219 g/mol. The Kier molecular flexibility index (Phi) is 3.26. The molecule has 1 fully saturated rings. The molecule has 0 spiro atoms. The van der Waals surface area contributed by atoms with Crippen LogP contribution in [0.15, 0.2) is 24.5 Å². The summed E-state index contributed by atoms with van der Waals surface area (Å²) in [6.45, 7) is 6.58. The van der Waals surface area contributed by atoms with E-state index in [2.05, 4.69) is 35.9 Å². The Morgan fingerprint density at radius 2 is 2.12 bits per heavy atom. The van der Waals surface area contributed by atoms with E-state index in [1.165, 1.54) is 12.0 Å². The third-order valence-electron chi connectivity index (χ3n) is 3.56. The molecule has 1 unspecified atom stereocenters. The van der Waals surface area contributed by atoms with Crippen molar-refractivity contribution in [3.05, 3.63) is 30.1 Å². The number of pyridine rings is 1. The molecule has 0 amide bonds. The number of nitrogens with zero attached hydrogens (tertiary/aromatic N) is 2. The molecule has 2 rings (SSSR count). The number of piperidine rings is 1. The van der Waals surface area contributed by atoms with E-state index in [0.717, 1.165) is 19.5 Å². The molecule has 0 aromatic carbocycles. The second kappa shape index (κ2) is 4.52. The molecular formula is C13H21N3. The third-order valence-corrected chi connectivity index (χ3v) is 3.56. The van der Waals surface area contributed by atoms with Gasteiger partial charge in [0.2, 0.25) is 0 Å². The van der Waals surface area contributed by atoms with Gasteiger partial charge in [-0.15, -0.1) is 0 Å². The van der Waals surface area contributed by atoms with Gasteiger partial charge in [0, 0.05) is 37.1 Å². The lowest BCUT2D eigenvalue weighted by Crippen LogP contribution is -2.53. The predicted octanol–water partition coefficient (Wildman–Crippen LogP) is 1.78. The van der Waals surface area contributed by atoms with Crippen LogP contribution in [0.2, 0.25) is 0 Å². The summed E-state index contributed by atoms with van der Waals surface area (Å²) in [6.07, 6.45) is 6.03. The van der Waals surface area contributed by atoms with E-state index >= 15 is 0 Å². The zero-order valence-corrected chi connectivity index (χ0v) is 10.2. The van der Waals surface area contributed by atoms with Gasteiger partial charge < -0.3 is 5.73 Å². The van der Waals surface area contributed by atoms with Crippen molar-refractivity contribution in [3.8, 4) is 0 Å². The number of rotatable bonds is 2. The molecule has 1 aliphatic rings. The van der Waals surface area contributed by atoms with Gasteiger partial charge >= 0.3 is 0 Å². The smallest absolute Gasteiger partial charge is 0.0271 e. The Bertz CT molecular complexity index is 334. The normalized spacial score (nSPS) is 25.6. The zero-order chi connectivity index (χ0) is 11.6. The van der Waals surface area contributed by atoms with Crippen LogP contribution >= 0.6 is 0 Å². The Hall–Kier alpha value is -0.930. The van der Waals surface area contributed by atoms with Crippen LogP contribution in [0.3, 0.4) is 0 Å². The van der Waals surface area contributed by atoms with Crippen molar-refractivity contribution >= 4 is 0 Å². The van der Waals surface area contributed by atoms with Gasteiger partial charge in [0.1, 0.15) is 0 Å². The van der Waals surface area contributed by atoms with Crippen molar-refractivity contribution in [2.75, 3.05) is 6.54 Å². The highest BCUT2D eigenvalue weighted by molar-refractivity contribution is 5.10. The van der Waals surface area contributed by atoms with E-state index in [0.29, 0.717) is 6.04 Å². The summed E-state index contributed by atoms with van der Waals surface area (Å²) >= 11 is 0. The van der Waals surface area contributed by atoms with E-state index in [1.54, 1.807) is 0 Å². The average molecular weight is 219 g/mol. The Morgan fingerprint density at radius 3 is 2.81 bits per heavy atom. The highest BCUT2D eigenvalue weighted by atomic mass is 15.2. The van der Waals surface area contributed by atoms with Crippen LogP contribution in [0.4, 0.5) is 0 Å². The van der Waals surface area contributed by atoms with Gasteiger partial charge in [0.05, 0.1) is 0 Å². The number of likely N-dealkylation sites (tertiary alicyclic amines) is 1. The molecule has 3 nitrogen and oxygen atoms in total. The molecule has 0 aliphatic carbocycles. The predicted molar refractivity (Wildman–Crippen MR) is 65.9 cm³/mol. The molecule has 1 saturated heterocycles. The lowest BCUT2D eigenvalue weighted by atomic mass is 9.88. The van der Waals surface area contributed by atoms with Crippen molar-refractivity contribution in [2.45, 2.75) is 44.8 Å². The quantitative estimate of drug-likeness (QED) is 0.824. The molecule has 1 aromatic rings. The lowest BCUT2D eigenvalue weighted by molar-refractivity contribution is 0.0585. The molecule has 88 valence electrons. The first-order valence-corrected chi connectivity index (χ1v) is 5.97. The second-order valence-electron chi connectivity index (χ2n) is 5.35. The summed E-state index contributed by atoms with van der Waals surface area (Å²) in [6, 6.07) is 4.49. The lowest BCUT2D eigenvalue weighted by Gasteiger charge is -2.44. The van der Waals surface area contributed by atoms with E-state index in [-0.39, 0.29) is 5.54 Å². The minimum atomic E-state index is 0.263. The fourth-order valence-corrected chi connectivity index (χ4v) is 2.31. The standard InChI is InChI=1S/C13H21N3/c1-13(2)6-3-12(14)10-16(13)9-11-4-7-15-8-5-11/h4-5,7-8,12H,3,6,9-10,14H2,1-2H3. The summed E-state index contributed by atoms with van der Waals surface area (Å²) in [5.41, 5.74) is 7.63. The molecule has 1 aromatic heterocycles. The highest BCUT2D eigenvalue weighted by Crippen LogP contribution is 2.28. The molecular weight excluding hydrogens is 198 g/mol. The Labute approximate surface area is 97.7 Å². The zero-order valence-electron chi connectivity index (χ0n) is 10.2. The summed E-state index contributed by atoms with van der Waals surface area (Å²) in [5, 5.41) is 0. The van der Waals surface area contributed by atoms with Gasteiger partial charge in [-0.2, -0.15) is 0 Å². The third kappa shape index (κ3) is 2.60. The number of aromatic nitrogens is 1. The highest BCUT2D eigenvalue weighted by Gasteiger charge is 2.32. The van der Waals surface area contributed by atoms with Crippen LogP contribution in [0.5, 0.6) is 0 Å². The molecule has 2 N–H and O–H groups in total. The van der Waals surface area contributed by atoms with Crippen LogP contribution in [-0.2, 0) is 6.54 Å². The van der Waals surface area contributed by atoms with Gasteiger partial charge in [-0.05, 0) is 44.4 Å². The molecule has 16 heavy (non-hydrogen) atoms. The maximum absolute atomic E-state index is 6.05. The number of nitrogens with two attached hydrogens (primary N) is 1.